The lowest BCUT2D eigenvalue weighted by molar-refractivity contribution is 0.0471. The summed E-state index contributed by atoms with van der Waals surface area (Å²) in [7, 11) is -3.90. The van der Waals surface area contributed by atoms with Crippen LogP contribution < -0.4 is 15.2 Å². The molecule has 3 N–H and O–H groups in total. The summed E-state index contributed by atoms with van der Waals surface area (Å²) in [4.78, 5) is 20.6. The maximum Gasteiger partial charge on any atom is 0.308 e. The Morgan fingerprint density at radius 2 is 1.97 bits per heavy atom. The molecule has 186 valence electrons. The minimum absolute atomic E-state index is 0.0107. The first kappa shape index (κ1) is 26.2. The maximum atomic E-state index is 14.0. The Morgan fingerprint density at radius 3 is 2.60 bits per heavy atom. The minimum Gasteiger partial charge on any atom is -0.438 e. The zero-order chi connectivity index (χ0) is 26.0. The van der Waals surface area contributed by atoms with Crippen LogP contribution in [0.15, 0.2) is 66.4 Å². The van der Waals surface area contributed by atoms with Gasteiger partial charge in [-0.1, -0.05) is 45.6 Å². The number of halogens is 2. The zero-order valence-electron chi connectivity index (χ0n) is 19.5. The molecule has 0 fully saturated rings. The number of aromatic nitrogens is 2. The third-order valence-electron chi connectivity index (χ3n) is 5.28. The van der Waals surface area contributed by atoms with Crippen molar-refractivity contribution in [1.82, 2.24) is 15.3 Å². The van der Waals surface area contributed by atoms with Crippen LogP contribution in [0.5, 0.6) is 11.6 Å². The smallest absolute Gasteiger partial charge is 0.308 e. The summed E-state index contributed by atoms with van der Waals surface area (Å²) < 4.78 is 57.2. The average Bonchev–Trinajstić information content (AvgIpc) is 2.78. The molecule has 0 bridgehead atoms. The summed E-state index contributed by atoms with van der Waals surface area (Å²) in [6.45, 7) is 9.01. The molecule has 0 saturated carbocycles. The first-order valence-electron chi connectivity index (χ1n) is 10.6. The van der Waals surface area contributed by atoms with Crippen molar-refractivity contribution in [3.63, 3.8) is 0 Å². The number of ether oxygens (including phenoxy) is 1. The number of nitrogens with one attached hydrogen (secondary N) is 1. The third kappa shape index (κ3) is 6.37. The van der Waals surface area contributed by atoms with Crippen LogP contribution in [0.25, 0.3) is 0 Å². The Balaban J connectivity index is 1.94. The number of alkyl halides is 2. The summed E-state index contributed by atoms with van der Waals surface area (Å²) in [5.74, 6) is -4.05. The van der Waals surface area contributed by atoms with Crippen molar-refractivity contribution in [2.45, 2.75) is 44.6 Å². The third-order valence-corrected chi connectivity index (χ3v) is 6.31. The van der Waals surface area contributed by atoms with E-state index in [4.69, 9.17) is 9.88 Å². The first-order valence-corrected chi connectivity index (χ1v) is 12.1. The molecule has 1 amide bonds. The molecule has 8 nitrogen and oxygen atoms in total. The SMILES string of the molecule is C=CC(F)(F)c1cc(Oc2cc(C(C)(C)C)ccc2C(=O)NC2C=CC=C(S(N)(=O)=O)C2)ncn1. The molecule has 0 radical (unpaired) electrons. The van der Waals surface area contributed by atoms with Gasteiger partial charge in [0.1, 0.15) is 17.8 Å². The Kier molecular flexibility index (Phi) is 7.23. The van der Waals surface area contributed by atoms with Gasteiger partial charge in [0.05, 0.1) is 16.5 Å². The molecule has 35 heavy (non-hydrogen) atoms. The summed E-state index contributed by atoms with van der Waals surface area (Å²) in [6, 6.07) is 5.28. The highest BCUT2D eigenvalue weighted by atomic mass is 32.2. The molecular formula is C24H26F2N4O4S. The van der Waals surface area contributed by atoms with Gasteiger partial charge in [-0.15, -0.1) is 0 Å². The molecule has 0 saturated heterocycles. The van der Waals surface area contributed by atoms with E-state index in [-0.39, 0.29) is 33.9 Å². The Morgan fingerprint density at radius 1 is 1.26 bits per heavy atom. The minimum atomic E-state index is -3.90. The zero-order valence-corrected chi connectivity index (χ0v) is 20.3. The molecule has 11 heteroatoms. The van der Waals surface area contributed by atoms with E-state index >= 15 is 0 Å². The van der Waals surface area contributed by atoms with E-state index in [0.717, 1.165) is 18.0 Å². The number of nitrogens with zero attached hydrogens (tertiary/aromatic N) is 2. The Labute approximate surface area is 202 Å². The number of benzene rings is 1. The molecule has 1 aromatic carbocycles. The number of allylic oxidation sites excluding steroid dienone is 3. The molecule has 0 spiro atoms. The molecule has 1 aromatic heterocycles. The predicted octanol–water partition coefficient (Wildman–Crippen LogP) is 4.07. The number of primary sulfonamides is 1. The van der Waals surface area contributed by atoms with Crippen molar-refractivity contribution in [2.75, 3.05) is 0 Å². The van der Waals surface area contributed by atoms with Crippen molar-refractivity contribution in [3.8, 4) is 11.6 Å². The van der Waals surface area contributed by atoms with Crippen molar-refractivity contribution in [1.29, 1.82) is 0 Å². The van der Waals surface area contributed by atoms with Gasteiger partial charge in [-0.3, -0.25) is 4.79 Å². The fourth-order valence-electron chi connectivity index (χ4n) is 3.26. The normalized spacial score (nSPS) is 16.4. The van der Waals surface area contributed by atoms with E-state index in [0.29, 0.717) is 6.08 Å². The van der Waals surface area contributed by atoms with Crippen LogP contribution in [0.4, 0.5) is 8.78 Å². The molecule has 1 aliphatic rings. The van der Waals surface area contributed by atoms with Gasteiger partial charge < -0.3 is 10.1 Å². The maximum absolute atomic E-state index is 14.0. The number of rotatable bonds is 7. The Hall–Kier alpha value is -3.44. The summed E-state index contributed by atoms with van der Waals surface area (Å²) in [5, 5.41) is 7.93. The van der Waals surface area contributed by atoms with Crippen LogP contribution in [0, 0.1) is 0 Å². The second-order valence-corrected chi connectivity index (χ2v) is 10.6. The van der Waals surface area contributed by atoms with Crippen LogP contribution >= 0.6 is 0 Å². The lowest BCUT2D eigenvalue weighted by atomic mass is 9.86. The van der Waals surface area contributed by atoms with Crippen LogP contribution in [-0.2, 0) is 21.4 Å². The number of carbonyl (C=O) groups excluding carboxylic acids is 1. The van der Waals surface area contributed by atoms with Gasteiger partial charge in [-0.25, -0.2) is 23.5 Å². The van der Waals surface area contributed by atoms with Crippen LogP contribution in [0.2, 0.25) is 0 Å². The molecule has 0 aliphatic heterocycles. The van der Waals surface area contributed by atoms with Gasteiger partial charge in [0.25, 0.3) is 5.91 Å². The van der Waals surface area contributed by atoms with Gasteiger partial charge in [0, 0.05) is 12.5 Å². The van der Waals surface area contributed by atoms with E-state index in [9.17, 15) is 22.0 Å². The van der Waals surface area contributed by atoms with Gasteiger partial charge in [0.15, 0.2) is 0 Å². The van der Waals surface area contributed by atoms with Gasteiger partial charge in [0.2, 0.25) is 15.9 Å². The topological polar surface area (TPSA) is 124 Å². The predicted molar refractivity (Wildman–Crippen MR) is 128 cm³/mol. The summed E-state index contributed by atoms with van der Waals surface area (Å²) >= 11 is 0. The molecule has 1 atom stereocenters. The van der Waals surface area contributed by atoms with E-state index in [1.807, 2.05) is 20.8 Å². The highest BCUT2D eigenvalue weighted by Gasteiger charge is 2.30. The van der Waals surface area contributed by atoms with Crippen LogP contribution in [0.3, 0.4) is 0 Å². The Bertz CT molecular complexity index is 1320. The molecule has 1 heterocycles. The molecule has 1 aliphatic carbocycles. The number of hydrogen-bond donors (Lipinski definition) is 2. The van der Waals surface area contributed by atoms with Gasteiger partial charge in [-0.05, 0) is 35.3 Å². The average molecular weight is 505 g/mol. The van der Waals surface area contributed by atoms with Crippen molar-refractivity contribution in [2.24, 2.45) is 5.14 Å². The number of sulfonamides is 1. The summed E-state index contributed by atoms with van der Waals surface area (Å²) in [5.41, 5.74) is 0.0202. The number of carbonyl (C=O) groups is 1. The quantitative estimate of drug-likeness (QED) is 0.548. The monoisotopic (exact) mass is 504 g/mol. The lowest BCUT2D eigenvalue weighted by Crippen LogP contribution is -2.36. The van der Waals surface area contributed by atoms with E-state index in [1.165, 1.54) is 12.2 Å². The standard InChI is InChI=1S/C24H26F2N4O4S/c1-5-24(25,26)20-13-21(29-14-28-20)34-19-11-15(23(2,3)4)9-10-18(19)22(31)30-16-7-6-8-17(12-16)35(27,32)33/h5-11,13-14,16H,1,12H2,2-4H3,(H,30,31)(H2,27,32,33). The van der Waals surface area contributed by atoms with Gasteiger partial charge >= 0.3 is 5.92 Å². The summed E-state index contributed by atoms with van der Waals surface area (Å²) in [6.07, 6.45) is 5.88. The second kappa shape index (κ2) is 9.67. The van der Waals surface area contributed by atoms with Crippen molar-refractivity contribution >= 4 is 15.9 Å². The largest absolute Gasteiger partial charge is 0.438 e. The molecule has 1 unspecified atom stereocenters. The molecule has 3 rings (SSSR count). The number of amides is 1. The van der Waals surface area contributed by atoms with E-state index < -0.39 is 33.6 Å². The molecular weight excluding hydrogens is 478 g/mol. The first-order chi connectivity index (χ1) is 16.2. The van der Waals surface area contributed by atoms with Crippen molar-refractivity contribution < 1.29 is 26.7 Å². The van der Waals surface area contributed by atoms with Crippen molar-refractivity contribution in [3.05, 3.63) is 83.2 Å². The van der Waals surface area contributed by atoms with Crippen LogP contribution in [0.1, 0.15) is 48.8 Å². The fourth-order valence-corrected chi connectivity index (χ4v) is 3.94. The number of nitrogens with two attached hydrogens (primary N) is 1. The highest BCUT2D eigenvalue weighted by Crippen LogP contribution is 2.33. The second-order valence-electron chi connectivity index (χ2n) is 8.98. The van der Waals surface area contributed by atoms with Gasteiger partial charge in [-0.2, -0.15) is 8.78 Å². The van der Waals surface area contributed by atoms with E-state index in [1.54, 1.807) is 24.3 Å². The number of hydrogen-bond acceptors (Lipinski definition) is 6. The fraction of sp³-hybridized carbons (Fsp3) is 0.292. The van der Waals surface area contributed by atoms with Crippen LogP contribution in [-0.4, -0.2) is 30.3 Å². The highest BCUT2D eigenvalue weighted by molar-refractivity contribution is 7.93. The molecule has 2 aromatic rings. The lowest BCUT2D eigenvalue weighted by Gasteiger charge is -2.23. The van der Waals surface area contributed by atoms with E-state index in [2.05, 4.69) is 21.9 Å².